The number of anilines is 2. The van der Waals surface area contributed by atoms with Crippen LogP contribution in [0.2, 0.25) is 0 Å². The zero-order valence-electron chi connectivity index (χ0n) is 13.9. The monoisotopic (exact) mass is 355 g/mol. The zero-order valence-corrected chi connectivity index (χ0v) is 14.7. The number of aromatic nitrogens is 1. The number of fused-ring (bicyclic) bond motifs is 1. The lowest BCUT2D eigenvalue weighted by Crippen LogP contribution is -2.13. The molecule has 1 radical (unpaired) electrons. The van der Waals surface area contributed by atoms with E-state index in [0.29, 0.717) is 0 Å². The molecule has 0 bridgehead atoms. The van der Waals surface area contributed by atoms with Gasteiger partial charge in [-0.25, -0.2) is 9.40 Å². The molecule has 3 heterocycles. The van der Waals surface area contributed by atoms with Crippen LogP contribution in [-0.2, 0) is 12.8 Å². The summed E-state index contributed by atoms with van der Waals surface area (Å²) in [5.74, 6) is 1.73. The Hall–Kier alpha value is -2.08. The highest BCUT2D eigenvalue weighted by Gasteiger charge is 2.17. The molecule has 4 nitrogen and oxygen atoms in total. The van der Waals surface area contributed by atoms with Gasteiger partial charge in [-0.2, -0.15) is 5.10 Å². The minimum atomic E-state index is -0.229. The van der Waals surface area contributed by atoms with Gasteiger partial charge in [-0.3, -0.25) is 4.98 Å². The van der Waals surface area contributed by atoms with E-state index in [1.165, 1.54) is 23.5 Å². The number of pyridine rings is 1. The number of hydrogen-bond donors (Lipinski definition) is 1. The van der Waals surface area contributed by atoms with Gasteiger partial charge in [0.25, 0.3) is 0 Å². The summed E-state index contributed by atoms with van der Waals surface area (Å²) in [6, 6.07) is 10.7. The van der Waals surface area contributed by atoms with Gasteiger partial charge in [0.05, 0.1) is 22.1 Å². The van der Waals surface area contributed by atoms with E-state index in [-0.39, 0.29) is 5.82 Å². The number of thioether (sulfide) groups is 1. The lowest BCUT2D eigenvalue weighted by Gasteiger charge is -2.17. The van der Waals surface area contributed by atoms with E-state index >= 15 is 0 Å². The molecular formula is C19H20FN4S. The van der Waals surface area contributed by atoms with E-state index in [9.17, 15) is 4.39 Å². The van der Waals surface area contributed by atoms with Gasteiger partial charge >= 0.3 is 0 Å². The maximum atomic E-state index is 13.0. The highest BCUT2D eigenvalue weighted by molar-refractivity contribution is 8.16. The van der Waals surface area contributed by atoms with Crippen molar-refractivity contribution >= 4 is 28.2 Å². The van der Waals surface area contributed by atoms with E-state index in [1.807, 2.05) is 10.9 Å². The van der Waals surface area contributed by atoms with E-state index in [0.717, 1.165) is 55.1 Å². The van der Waals surface area contributed by atoms with Crippen molar-refractivity contribution in [2.75, 3.05) is 16.9 Å². The molecule has 0 atom stereocenters. The molecule has 4 rings (SSSR count). The summed E-state index contributed by atoms with van der Waals surface area (Å²) in [6.45, 7) is 1.05. The number of nitrogens with one attached hydrogen (secondary N) is 1. The molecule has 1 aromatic carbocycles. The Morgan fingerprint density at radius 2 is 2.00 bits per heavy atom. The number of halogens is 1. The number of rotatable bonds is 5. The van der Waals surface area contributed by atoms with Crippen molar-refractivity contribution < 1.29 is 4.39 Å². The van der Waals surface area contributed by atoms with Crippen molar-refractivity contribution in [1.29, 1.82) is 0 Å². The zero-order chi connectivity index (χ0) is 17.1. The minimum absolute atomic E-state index is 0.229. The highest BCUT2D eigenvalue weighted by atomic mass is 32.2. The van der Waals surface area contributed by atoms with Gasteiger partial charge in [0.2, 0.25) is 0 Å². The van der Waals surface area contributed by atoms with Crippen molar-refractivity contribution in [3.05, 3.63) is 59.5 Å². The first-order valence-corrected chi connectivity index (χ1v) is 9.51. The second kappa shape index (κ2) is 7.44. The molecule has 0 spiro atoms. The fraction of sp³-hybridized carbons (Fsp3) is 0.316. The van der Waals surface area contributed by atoms with Crippen LogP contribution >= 0.6 is 11.8 Å². The summed E-state index contributed by atoms with van der Waals surface area (Å²) < 4.78 is 13.0. The predicted octanol–water partition coefficient (Wildman–Crippen LogP) is 4.59. The lowest BCUT2D eigenvalue weighted by atomic mass is 10.1. The van der Waals surface area contributed by atoms with Crippen LogP contribution in [0.3, 0.4) is 0 Å². The first-order valence-electron chi connectivity index (χ1n) is 8.63. The summed E-state index contributed by atoms with van der Waals surface area (Å²) in [5, 5.41) is 10.9. The number of hydrazone groups is 1. The second-order valence-electron chi connectivity index (χ2n) is 6.22. The second-order valence-corrected chi connectivity index (χ2v) is 7.14. The highest BCUT2D eigenvalue weighted by Crippen LogP contribution is 2.30. The Kier molecular flexibility index (Phi) is 4.88. The number of benzene rings is 1. The Morgan fingerprint density at radius 1 is 1.12 bits per heavy atom. The van der Waals surface area contributed by atoms with Crippen LogP contribution in [0.15, 0.2) is 41.5 Å². The van der Waals surface area contributed by atoms with Crippen molar-refractivity contribution in [3.63, 3.8) is 0 Å². The van der Waals surface area contributed by atoms with E-state index in [2.05, 4.69) is 22.6 Å². The van der Waals surface area contributed by atoms with Crippen molar-refractivity contribution in [1.82, 2.24) is 4.98 Å². The molecule has 129 valence electrons. The SMILES string of the molecule is Fc1ccc(N2[CH]SC(CCCc3ccc4c(n3)CCCN4)=N2)cc1. The fourth-order valence-electron chi connectivity index (χ4n) is 3.04. The first-order chi connectivity index (χ1) is 12.3. The number of hydrogen-bond acceptors (Lipinski definition) is 5. The lowest BCUT2D eigenvalue weighted by molar-refractivity contribution is 0.628. The molecule has 0 unspecified atom stereocenters. The smallest absolute Gasteiger partial charge is 0.136 e. The molecule has 1 N–H and O–H groups in total. The average molecular weight is 355 g/mol. The molecule has 2 aliphatic rings. The molecule has 0 saturated heterocycles. The average Bonchev–Trinajstić information content (AvgIpc) is 3.11. The molecule has 2 aliphatic heterocycles. The van der Waals surface area contributed by atoms with Gasteiger partial charge in [-0.1, -0.05) is 11.8 Å². The quantitative estimate of drug-likeness (QED) is 0.852. The summed E-state index contributed by atoms with van der Waals surface area (Å²) in [7, 11) is 0. The van der Waals surface area contributed by atoms with E-state index in [4.69, 9.17) is 4.98 Å². The van der Waals surface area contributed by atoms with Gasteiger partial charge in [0, 0.05) is 12.2 Å². The molecule has 2 aromatic rings. The molecule has 0 fully saturated rings. The fourth-order valence-corrected chi connectivity index (χ4v) is 3.82. The van der Waals surface area contributed by atoms with E-state index in [1.54, 1.807) is 23.9 Å². The Morgan fingerprint density at radius 3 is 2.88 bits per heavy atom. The molecule has 0 amide bonds. The molecule has 0 saturated carbocycles. The molecule has 1 aromatic heterocycles. The van der Waals surface area contributed by atoms with Gasteiger partial charge in [0.15, 0.2) is 0 Å². The third-order valence-corrected chi connectivity index (χ3v) is 5.22. The van der Waals surface area contributed by atoms with Gasteiger partial charge in [-0.05, 0) is 68.5 Å². The molecular weight excluding hydrogens is 335 g/mol. The maximum Gasteiger partial charge on any atom is 0.136 e. The van der Waals surface area contributed by atoms with Crippen molar-refractivity contribution in [2.24, 2.45) is 5.10 Å². The van der Waals surface area contributed by atoms with Crippen LogP contribution < -0.4 is 10.3 Å². The van der Waals surface area contributed by atoms with E-state index < -0.39 is 0 Å². The maximum absolute atomic E-state index is 13.0. The van der Waals surface area contributed by atoms with Crippen LogP contribution in [0.5, 0.6) is 0 Å². The summed E-state index contributed by atoms with van der Waals surface area (Å²) in [6.07, 6.45) is 5.14. The standard InChI is InChI=1S/C19H20FN4S/c20-14-6-9-16(10-7-14)24-13-25-19(23-24)5-1-3-15-8-11-17-18(22-15)4-2-12-21-17/h6-11,13,21H,1-5,12H2. The summed E-state index contributed by atoms with van der Waals surface area (Å²) in [4.78, 5) is 4.79. The predicted molar refractivity (Wildman–Crippen MR) is 102 cm³/mol. The van der Waals surface area contributed by atoms with Crippen LogP contribution in [0.1, 0.15) is 30.7 Å². The topological polar surface area (TPSA) is 40.5 Å². The largest absolute Gasteiger partial charge is 0.384 e. The summed E-state index contributed by atoms with van der Waals surface area (Å²) >= 11 is 1.63. The Balaban J connectivity index is 1.31. The van der Waals surface area contributed by atoms with Crippen LogP contribution in [0.4, 0.5) is 15.8 Å². The van der Waals surface area contributed by atoms with Gasteiger partial charge < -0.3 is 5.32 Å². The summed E-state index contributed by atoms with van der Waals surface area (Å²) in [5.41, 5.74) is 4.43. The third kappa shape index (κ3) is 3.95. The first kappa shape index (κ1) is 16.4. The molecule has 25 heavy (non-hydrogen) atoms. The van der Waals surface area contributed by atoms with Crippen molar-refractivity contribution in [2.45, 2.75) is 32.1 Å². The van der Waals surface area contributed by atoms with Crippen molar-refractivity contribution in [3.8, 4) is 0 Å². The van der Waals surface area contributed by atoms with Gasteiger partial charge in [0.1, 0.15) is 11.7 Å². The van der Waals surface area contributed by atoms with Gasteiger partial charge in [-0.15, -0.1) is 0 Å². The van der Waals surface area contributed by atoms with Crippen LogP contribution in [0.25, 0.3) is 0 Å². The van der Waals surface area contributed by atoms with Crippen LogP contribution in [-0.4, -0.2) is 16.6 Å². The Labute approximate surface area is 151 Å². The number of nitrogens with zero attached hydrogens (tertiary/aromatic N) is 3. The third-order valence-electron chi connectivity index (χ3n) is 4.36. The molecule has 0 aliphatic carbocycles. The van der Waals surface area contributed by atoms with Crippen LogP contribution in [0, 0.1) is 11.7 Å². The molecule has 6 heteroatoms. The Bertz CT molecular complexity index is 775. The normalized spacial score (nSPS) is 16.4. The minimum Gasteiger partial charge on any atom is -0.384 e. The number of aryl methyl sites for hydroxylation is 2.